The van der Waals surface area contributed by atoms with Crippen LogP contribution in [-0.2, 0) is 10.3 Å². The maximum absolute atomic E-state index is 13.1. The van der Waals surface area contributed by atoms with E-state index in [2.05, 4.69) is 32.6 Å². The number of benzene rings is 3. The lowest BCUT2D eigenvalue weighted by Gasteiger charge is -2.37. The Kier molecular flexibility index (Phi) is 9.60. The Morgan fingerprint density at radius 3 is 1.31 bits per heavy atom. The predicted molar refractivity (Wildman–Crippen MR) is 136 cm³/mol. The number of nitrogens with zero attached hydrogens (tertiary/aromatic N) is 1. The lowest BCUT2D eigenvalue weighted by molar-refractivity contribution is -0.878. The van der Waals surface area contributed by atoms with Crippen molar-refractivity contribution in [2.24, 2.45) is 0 Å². The van der Waals surface area contributed by atoms with Crippen LogP contribution >= 0.6 is 0 Å². The van der Waals surface area contributed by atoms with Crippen molar-refractivity contribution >= 4 is 5.91 Å². The molecule has 0 unspecified atom stereocenters. The SMILES string of the molecule is C=CC[N+](C)(C)CC=C.O=C(NC(c1ccccc1)(c1ccccc1)c1ccccc1)C(F)(F)F. The topological polar surface area (TPSA) is 29.1 Å². The average molecular weight is 482 g/mol. The summed E-state index contributed by atoms with van der Waals surface area (Å²) < 4.78 is 40.3. The third-order valence-electron chi connectivity index (χ3n) is 5.43. The first kappa shape index (κ1) is 27.6. The summed E-state index contributed by atoms with van der Waals surface area (Å²) in [5.41, 5.74) is 0.149. The number of alkyl halides is 3. The Labute approximate surface area is 205 Å². The van der Waals surface area contributed by atoms with Gasteiger partial charge in [-0.15, -0.1) is 0 Å². The molecule has 0 spiro atoms. The fourth-order valence-corrected chi connectivity index (χ4v) is 3.80. The molecule has 0 atom stereocenters. The molecular weight excluding hydrogens is 449 g/mol. The molecule has 0 saturated carbocycles. The number of amides is 1. The first-order valence-electron chi connectivity index (χ1n) is 11.2. The normalized spacial score (nSPS) is 11.6. The molecule has 1 N–H and O–H groups in total. The number of nitrogens with one attached hydrogen (secondary N) is 1. The fourth-order valence-electron chi connectivity index (χ4n) is 3.80. The van der Waals surface area contributed by atoms with E-state index in [9.17, 15) is 18.0 Å². The van der Waals surface area contributed by atoms with Crippen molar-refractivity contribution in [2.75, 3.05) is 27.2 Å². The maximum atomic E-state index is 13.1. The number of likely N-dealkylation sites (N-methyl/N-ethyl adjacent to an activating group) is 1. The lowest BCUT2D eigenvalue weighted by Crippen LogP contribution is -2.52. The molecule has 0 aliphatic heterocycles. The summed E-state index contributed by atoms with van der Waals surface area (Å²) in [4.78, 5) is 12.0. The van der Waals surface area contributed by atoms with E-state index in [1.165, 1.54) is 0 Å². The Morgan fingerprint density at radius 2 is 1.06 bits per heavy atom. The van der Waals surface area contributed by atoms with Crippen molar-refractivity contribution in [3.05, 3.63) is 133 Å². The van der Waals surface area contributed by atoms with E-state index in [1.54, 1.807) is 91.0 Å². The molecule has 1 amide bonds. The number of carbonyl (C=O) groups is 1. The first-order chi connectivity index (χ1) is 16.6. The number of hydrogen-bond acceptors (Lipinski definition) is 1. The van der Waals surface area contributed by atoms with Gasteiger partial charge in [-0.05, 0) is 28.8 Å². The summed E-state index contributed by atoms with van der Waals surface area (Å²) in [5, 5.41) is 2.26. The number of quaternary nitrogens is 1. The molecule has 0 aliphatic rings. The third kappa shape index (κ3) is 7.42. The van der Waals surface area contributed by atoms with E-state index in [0.29, 0.717) is 16.7 Å². The number of carbonyl (C=O) groups excluding carboxylic acids is 1. The zero-order valence-electron chi connectivity index (χ0n) is 20.1. The van der Waals surface area contributed by atoms with Gasteiger partial charge in [0, 0.05) is 0 Å². The molecule has 0 aliphatic carbocycles. The number of hydrogen-bond donors (Lipinski definition) is 1. The lowest BCUT2D eigenvalue weighted by atomic mass is 9.77. The van der Waals surface area contributed by atoms with Crippen LogP contribution in [0.3, 0.4) is 0 Å². The standard InChI is InChI=1S/C21H16F3NO.C8H16N/c22-21(23,24)19(26)25-20(16-10-4-1-5-11-16,17-12-6-2-7-13-17)18-14-8-3-9-15-18;1-5-7-9(3,4)8-6-2/h1-15H,(H,25,26);5-6H,1-2,7-8H2,3-4H3/q;+1. The molecule has 0 saturated heterocycles. The van der Waals surface area contributed by atoms with Crippen LogP contribution in [0.25, 0.3) is 0 Å². The van der Waals surface area contributed by atoms with E-state index in [1.807, 2.05) is 12.2 Å². The monoisotopic (exact) mass is 481 g/mol. The average Bonchev–Trinajstić information content (AvgIpc) is 2.84. The second kappa shape index (κ2) is 12.2. The van der Waals surface area contributed by atoms with Crippen LogP contribution in [0.2, 0.25) is 0 Å². The van der Waals surface area contributed by atoms with Crippen molar-refractivity contribution in [3.8, 4) is 0 Å². The molecule has 0 bridgehead atoms. The van der Waals surface area contributed by atoms with Gasteiger partial charge in [-0.3, -0.25) is 4.79 Å². The van der Waals surface area contributed by atoms with Crippen LogP contribution < -0.4 is 5.32 Å². The number of halogens is 3. The molecule has 3 aromatic carbocycles. The molecule has 0 heterocycles. The highest BCUT2D eigenvalue weighted by Crippen LogP contribution is 2.37. The third-order valence-corrected chi connectivity index (χ3v) is 5.43. The minimum Gasteiger partial charge on any atom is -0.331 e. The molecule has 3 aromatic rings. The summed E-state index contributed by atoms with van der Waals surface area (Å²) in [5.74, 6) is -1.99. The van der Waals surface area contributed by atoms with Gasteiger partial charge in [0.05, 0.1) is 27.2 Å². The van der Waals surface area contributed by atoms with Crippen molar-refractivity contribution in [3.63, 3.8) is 0 Å². The van der Waals surface area contributed by atoms with Crippen molar-refractivity contribution in [2.45, 2.75) is 11.7 Å². The molecule has 6 heteroatoms. The smallest absolute Gasteiger partial charge is 0.331 e. The Morgan fingerprint density at radius 1 is 0.743 bits per heavy atom. The quantitative estimate of drug-likeness (QED) is 0.235. The van der Waals surface area contributed by atoms with Gasteiger partial charge < -0.3 is 9.80 Å². The predicted octanol–water partition coefficient (Wildman–Crippen LogP) is 6.09. The summed E-state index contributed by atoms with van der Waals surface area (Å²) in [6, 6.07) is 25.9. The molecule has 0 aromatic heterocycles. The zero-order chi connectivity index (χ0) is 26.0. The summed E-state index contributed by atoms with van der Waals surface area (Å²) in [7, 11) is 4.31. The highest BCUT2D eigenvalue weighted by Gasteiger charge is 2.46. The summed E-state index contributed by atoms with van der Waals surface area (Å²) in [6.07, 6.45) is -1.13. The minimum atomic E-state index is -5.00. The van der Waals surface area contributed by atoms with Gasteiger partial charge in [0.15, 0.2) is 0 Å². The highest BCUT2D eigenvalue weighted by molar-refractivity contribution is 5.84. The first-order valence-corrected chi connectivity index (χ1v) is 11.2. The van der Waals surface area contributed by atoms with E-state index < -0.39 is 17.6 Å². The van der Waals surface area contributed by atoms with Crippen LogP contribution in [0.5, 0.6) is 0 Å². The van der Waals surface area contributed by atoms with E-state index in [-0.39, 0.29) is 0 Å². The maximum Gasteiger partial charge on any atom is 0.471 e. The van der Waals surface area contributed by atoms with Gasteiger partial charge in [-0.1, -0.05) is 104 Å². The minimum absolute atomic E-state index is 0.537. The van der Waals surface area contributed by atoms with Gasteiger partial charge in [-0.25, -0.2) is 0 Å². The second-order valence-electron chi connectivity index (χ2n) is 8.68. The molecule has 3 nitrogen and oxygen atoms in total. The molecule has 0 radical (unpaired) electrons. The summed E-state index contributed by atoms with van der Waals surface area (Å²) in [6.45, 7) is 9.37. The van der Waals surface area contributed by atoms with Crippen LogP contribution in [-0.4, -0.2) is 43.8 Å². The van der Waals surface area contributed by atoms with Gasteiger partial charge in [0.1, 0.15) is 5.54 Å². The Bertz CT molecular complexity index is 971. The largest absolute Gasteiger partial charge is 0.471 e. The second-order valence-corrected chi connectivity index (χ2v) is 8.68. The number of rotatable bonds is 8. The molecule has 35 heavy (non-hydrogen) atoms. The van der Waals surface area contributed by atoms with Crippen molar-refractivity contribution in [1.82, 2.24) is 5.32 Å². The molecule has 184 valence electrons. The summed E-state index contributed by atoms with van der Waals surface area (Å²) >= 11 is 0. The van der Waals surface area contributed by atoms with E-state index in [4.69, 9.17) is 0 Å². The van der Waals surface area contributed by atoms with Gasteiger partial charge in [0.25, 0.3) is 0 Å². The van der Waals surface area contributed by atoms with Crippen LogP contribution in [0, 0.1) is 0 Å². The van der Waals surface area contributed by atoms with Crippen LogP contribution in [0.4, 0.5) is 13.2 Å². The van der Waals surface area contributed by atoms with Crippen LogP contribution in [0.1, 0.15) is 16.7 Å². The van der Waals surface area contributed by atoms with E-state index in [0.717, 1.165) is 17.6 Å². The van der Waals surface area contributed by atoms with Crippen LogP contribution in [0.15, 0.2) is 116 Å². The molecular formula is C29H32F3N2O+. The molecule has 3 rings (SSSR count). The highest BCUT2D eigenvalue weighted by atomic mass is 19.4. The Balaban J connectivity index is 0.000000410. The fraction of sp³-hybridized carbons (Fsp3) is 0.207. The van der Waals surface area contributed by atoms with Gasteiger partial charge in [0.2, 0.25) is 0 Å². The van der Waals surface area contributed by atoms with Gasteiger partial charge >= 0.3 is 12.1 Å². The molecule has 0 fully saturated rings. The Hall–Kier alpha value is -3.64. The van der Waals surface area contributed by atoms with E-state index >= 15 is 0 Å². The zero-order valence-corrected chi connectivity index (χ0v) is 20.1. The van der Waals surface area contributed by atoms with Crippen molar-refractivity contribution < 1.29 is 22.4 Å². The van der Waals surface area contributed by atoms with Crippen molar-refractivity contribution in [1.29, 1.82) is 0 Å². The van der Waals surface area contributed by atoms with Gasteiger partial charge in [-0.2, -0.15) is 13.2 Å².